The molecule has 0 fully saturated rings. The van der Waals surface area contributed by atoms with Crippen LogP contribution >= 0.6 is 0 Å². The Bertz CT molecular complexity index is 272. The van der Waals surface area contributed by atoms with Crippen LogP contribution in [0.15, 0.2) is 36.4 Å². The average molecular weight is 193 g/mol. The van der Waals surface area contributed by atoms with E-state index < -0.39 is 0 Å². The van der Waals surface area contributed by atoms with E-state index in [1.54, 1.807) is 0 Å². The summed E-state index contributed by atoms with van der Waals surface area (Å²) in [5.74, 6) is 0. The number of rotatable bonds is 3. The summed E-state index contributed by atoms with van der Waals surface area (Å²) in [7, 11) is 6.57. The van der Waals surface area contributed by atoms with E-state index in [4.69, 9.17) is 0 Å². The maximum Gasteiger partial charge on any atom is 0.0970 e. The highest BCUT2D eigenvalue weighted by atomic mass is 16.0. The molecule has 78 valence electrons. The first kappa shape index (κ1) is 12.9. The fraction of sp³-hybridized carbons (Fsp3) is 0.333. The molecule has 0 amide bonds. The lowest BCUT2D eigenvalue weighted by molar-refractivity contribution is -0.864. The molecule has 1 N–H and O–H groups in total. The molecule has 0 unspecified atom stereocenters. The molecule has 1 aromatic carbocycles. The van der Waals surface area contributed by atoms with Crippen LogP contribution in [0.2, 0.25) is 0 Å². The highest BCUT2D eigenvalue weighted by Gasteiger charge is 2.01. The minimum absolute atomic E-state index is 0. The third-order valence-electron chi connectivity index (χ3n) is 1.76. The second kappa shape index (κ2) is 5.58. The third-order valence-corrected chi connectivity index (χ3v) is 1.76. The Morgan fingerprint density at radius 1 is 1.07 bits per heavy atom. The number of likely N-dealkylation sites (N-methyl/N-ethyl adjacent to an activating group) is 1. The van der Waals surface area contributed by atoms with Crippen molar-refractivity contribution in [3.05, 3.63) is 42.0 Å². The zero-order valence-electron chi connectivity index (χ0n) is 9.14. The van der Waals surface area contributed by atoms with E-state index in [1.807, 2.05) is 6.07 Å². The fourth-order valence-corrected chi connectivity index (χ4v) is 1.07. The molecule has 0 heterocycles. The molecule has 2 heteroatoms. The average Bonchev–Trinajstić information content (AvgIpc) is 2.04. The van der Waals surface area contributed by atoms with E-state index >= 15 is 0 Å². The van der Waals surface area contributed by atoms with E-state index in [-0.39, 0.29) is 5.48 Å². The van der Waals surface area contributed by atoms with Crippen molar-refractivity contribution in [2.24, 2.45) is 0 Å². The summed E-state index contributed by atoms with van der Waals surface area (Å²) < 4.78 is 0.976. The van der Waals surface area contributed by atoms with Crippen molar-refractivity contribution in [1.82, 2.24) is 0 Å². The maximum absolute atomic E-state index is 2.22. The molecule has 0 aliphatic rings. The minimum Gasteiger partial charge on any atom is -0.870 e. The molecule has 0 bridgehead atoms. The van der Waals surface area contributed by atoms with Crippen LogP contribution < -0.4 is 0 Å². The molecule has 1 rings (SSSR count). The van der Waals surface area contributed by atoms with Crippen LogP contribution in [-0.4, -0.2) is 37.6 Å². The SMILES string of the molecule is C[N+](C)(C)C/C=C/c1ccccc1.[OH-]. The summed E-state index contributed by atoms with van der Waals surface area (Å²) in [6.07, 6.45) is 4.39. The monoisotopic (exact) mass is 193 g/mol. The van der Waals surface area contributed by atoms with E-state index in [0.29, 0.717) is 0 Å². The van der Waals surface area contributed by atoms with Gasteiger partial charge < -0.3 is 9.96 Å². The van der Waals surface area contributed by atoms with E-state index in [2.05, 4.69) is 57.6 Å². The van der Waals surface area contributed by atoms with Gasteiger partial charge in [0.05, 0.1) is 27.7 Å². The van der Waals surface area contributed by atoms with Gasteiger partial charge in [-0.1, -0.05) is 36.4 Å². The summed E-state index contributed by atoms with van der Waals surface area (Å²) in [6.45, 7) is 1.06. The van der Waals surface area contributed by atoms with Crippen LogP contribution in [0, 0.1) is 0 Å². The summed E-state index contributed by atoms with van der Waals surface area (Å²) in [5, 5.41) is 0. The lowest BCUT2D eigenvalue weighted by Crippen LogP contribution is -2.34. The van der Waals surface area contributed by atoms with Crippen molar-refractivity contribution in [2.45, 2.75) is 0 Å². The smallest absolute Gasteiger partial charge is 0.0970 e. The van der Waals surface area contributed by atoms with Crippen LogP contribution in [0.4, 0.5) is 0 Å². The van der Waals surface area contributed by atoms with Crippen molar-refractivity contribution >= 4 is 6.08 Å². The van der Waals surface area contributed by atoms with Crippen molar-refractivity contribution in [3.63, 3.8) is 0 Å². The summed E-state index contributed by atoms with van der Waals surface area (Å²) >= 11 is 0. The number of benzene rings is 1. The van der Waals surface area contributed by atoms with E-state index in [9.17, 15) is 0 Å². The molecule has 0 aliphatic carbocycles. The quantitative estimate of drug-likeness (QED) is 0.677. The predicted molar refractivity (Wildman–Crippen MR) is 60.3 cm³/mol. The van der Waals surface area contributed by atoms with Gasteiger partial charge in [0.25, 0.3) is 0 Å². The summed E-state index contributed by atoms with van der Waals surface area (Å²) in [5.41, 5.74) is 1.27. The second-order valence-corrected chi connectivity index (χ2v) is 4.29. The Morgan fingerprint density at radius 2 is 1.64 bits per heavy atom. The van der Waals surface area contributed by atoms with Gasteiger partial charge >= 0.3 is 0 Å². The molecule has 0 radical (unpaired) electrons. The third kappa shape index (κ3) is 5.51. The van der Waals surface area contributed by atoms with Crippen molar-refractivity contribution in [2.75, 3.05) is 27.7 Å². The minimum atomic E-state index is 0. The second-order valence-electron chi connectivity index (χ2n) is 4.29. The molecule has 0 saturated carbocycles. The molecular formula is C12H19NO. The standard InChI is InChI=1S/C12H18N.H2O/c1-13(2,3)11-7-10-12-8-5-4-6-9-12;/h4-10H,11H2,1-3H3;1H2/q+1;/p-1/b10-7+;. The number of hydrogen-bond donors (Lipinski definition) is 0. The van der Waals surface area contributed by atoms with Crippen LogP contribution in [0.1, 0.15) is 5.56 Å². The van der Waals surface area contributed by atoms with E-state index in [1.165, 1.54) is 5.56 Å². The molecule has 0 spiro atoms. The van der Waals surface area contributed by atoms with Crippen LogP contribution in [0.25, 0.3) is 6.08 Å². The molecule has 0 aromatic heterocycles. The molecule has 0 saturated heterocycles. The van der Waals surface area contributed by atoms with Gasteiger partial charge in [-0.05, 0) is 11.6 Å². The van der Waals surface area contributed by atoms with Gasteiger partial charge in [-0.2, -0.15) is 0 Å². The Kier molecular flexibility index (Phi) is 5.13. The first-order valence-corrected chi connectivity index (χ1v) is 4.60. The Morgan fingerprint density at radius 3 is 2.14 bits per heavy atom. The largest absolute Gasteiger partial charge is 0.870 e. The lowest BCUT2D eigenvalue weighted by atomic mass is 10.2. The highest BCUT2D eigenvalue weighted by molar-refractivity contribution is 5.48. The Labute approximate surface area is 86.4 Å². The zero-order chi connectivity index (χ0) is 9.73. The molecular weight excluding hydrogens is 174 g/mol. The summed E-state index contributed by atoms with van der Waals surface area (Å²) in [6, 6.07) is 10.4. The van der Waals surface area contributed by atoms with Gasteiger partial charge in [0, 0.05) is 0 Å². The molecule has 0 atom stereocenters. The topological polar surface area (TPSA) is 30.0 Å². The molecule has 0 aliphatic heterocycles. The number of hydrogen-bond acceptors (Lipinski definition) is 1. The highest BCUT2D eigenvalue weighted by Crippen LogP contribution is 2.01. The number of quaternary nitrogens is 1. The van der Waals surface area contributed by atoms with E-state index in [0.717, 1.165) is 11.0 Å². The normalized spacial score (nSPS) is 11.4. The Balaban J connectivity index is 0.00000169. The van der Waals surface area contributed by atoms with Crippen molar-refractivity contribution in [3.8, 4) is 0 Å². The van der Waals surface area contributed by atoms with Crippen LogP contribution in [0.3, 0.4) is 0 Å². The molecule has 1 aromatic rings. The Hall–Kier alpha value is -1.12. The predicted octanol–water partition coefficient (Wildman–Crippen LogP) is 2.23. The van der Waals surface area contributed by atoms with Gasteiger partial charge in [-0.15, -0.1) is 0 Å². The maximum atomic E-state index is 2.22. The lowest BCUT2D eigenvalue weighted by Gasteiger charge is -2.21. The van der Waals surface area contributed by atoms with Gasteiger partial charge in [0.2, 0.25) is 0 Å². The first-order chi connectivity index (χ1) is 6.08. The van der Waals surface area contributed by atoms with Gasteiger partial charge in [-0.25, -0.2) is 0 Å². The van der Waals surface area contributed by atoms with Crippen molar-refractivity contribution < 1.29 is 9.96 Å². The molecule has 14 heavy (non-hydrogen) atoms. The summed E-state index contributed by atoms with van der Waals surface area (Å²) in [4.78, 5) is 0. The fourth-order valence-electron chi connectivity index (χ4n) is 1.07. The first-order valence-electron chi connectivity index (χ1n) is 4.60. The van der Waals surface area contributed by atoms with Crippen LogP contribution in [-0.2, 0) is 0 Å². The van der Waals surface area contributed by atoms with Crippen LogP contribution in [0.5, 0.6) is 0 Å². The zero-order valence-corrected chi connectivity index (χ0v) is 9.14. The van der Waals surface area contributed by atoms with Crippen molar-refractivity contribution in [1.29, 1.82) is 0 Å². The number of nitrogens with zero attached hydrogens (tertiary/aromatic N) is 1. The molecule has 2 nitrogen and oxygen atoms in total. The van der Waals surface area contributed by atoms with Gasteiger partial charge in [0.15, 0.2) is 0 Å². The van der Waals surface area contributed by atoms with Gasteiger partial charge in [0.1, 0.15) is 0 Å². The van der Waals surface area contributed by atoms with Gasteiger partial charge in [-0.3, -0.25) is 0 Å².